The van der Waals surface area contributed by atoms with Crippen LogP contribution in [0.25, 0.3) is 0 Å². The standard InChI is InChI=1S/C17H23BrO2/c1-16(2)11-19-17(20-12-16)9-8-14(10-15(17)18)13-6-4-3-5-7-13/h3-7,14-15H,8-12H2,1-2H3/t14-,15+/m0/s1. The summed E-state index contributed by atoms with van der Waals surface area (Å²) in [6.07, 6.45) is 3.18. The van der Waals surface area contributed by atoms with Gasteiger partial charge in [0, 0.05) is 11.8 Å². The molecule has 1 heterocycles. The van der Waals surface area contributed by atoms with Crippen LogP contribution in [0.2, 0.25) is 0 Å². The quantitative estimate of drug-likeness (QED) is 0.702. The highest BCUT2D eigenvalue weighted by molar-refractivity contribution is 9.09. The molecule has 1 aliphatic carbocycles. The Labute approximate surface area is 130 Å². The van der Waals surface area contributed by atoms with Gasteiger partial charge in [0.05, 0.1) is 18.0 Å². The zero-order chi connectivity index (χ0) is 14.2. The van der Waals surface area contributed by atoms with Crippen molar-refractivity contribution in [2.45, 2.75) is 49.6 Å². The highest BCUT2D eigenvalue weighted by atomic mass is 79.9. The van der Waals surface area contributed by atoms with Gasteiger partial charge in [-0.15, -0.1) is 0 Å². The normalized spacial score (nSPS) is 32.1. The fourth-order valence-corrected chi connectivity index (χ4v) is 4.10. The molecule has 3 rings (SSSR count). The van der Waals surface area contributed by atoms with E-state index in [-0.39, 0.29) is 10.2 Å². The first-order chi connectivity index (χ1) is 9.51. The SMILES string of the molecule is CC1(C)COC2(CC[C@H](c3ccccc3)C[C@H]2Br)OC1. The molecule has 0 amide bonds. The molecule has 1 aromatic rings. The van der Waals surface area contributed by atoms with Crippen molar-refractivity contribution < 1.29 is 9.47 Å². The van der Waals surface area contributed by atoms with Crippen LogP contribution < -0.4 is 0 Å². The van der Waals surface area contributed by atoms with Gasteiger partial charge in [0.15, 0.2) is 5.79 Å². The van der Waals surface area contributed by atoms with Crippen molar-refractivity contribution in [2.75, 3.05) is 13.2 Å². The van der Waals surface area contributed by atoms with Crippen molar-refractivity contribution in [3.63, 3.8) is 0 Å². The summed E-state index contributed by atoms with van der Waals surface area (Å²) in [5.41, 5.74) is 1.57. The van der Waals surface area contributed by atoms with Crippen LogP contribution >= 0.6 is 15.9 Å². The van der Waals surface area contributed by atoms with Gasteiger partial charge in [-0.05, 0) is 24.3 Å². The highest BCUT2D eigenvalue weighted by Gasteiger charge is 2.48. The van der Waals surface area contributed by atoms with E-state index in [1.54, 1.807) is 0 Å². The molecule has 1 saturated heterocycles. The monoisotopic (exact) mass is 338 g/mol. The van der Waals surface area contributed by atoms with Crippen molar-refractivity contribution in [3.05, 3.63) is 35.9 Å². The van der Waals surface area contributed by atoms with Gasteiger partial charge < -0.3 is 9.47 Å². The largest absolute Gasteiger partial charge is 0.348 e. The Morgan fingerprint density at radius 3 is 2.35 bits per heavy atom. The van der Waals surface area contributed by atoms with Gasteiger partial charge in [-0.1, -0.05) is 60.1 Å². The number of benzene rings is 1. The van der Waals surface area contributed by atoms with Crippen molar-refractivity contribution in [2.24, 2.45) is 5.41 Å². The van der Waals surface area contributed by atoms with E-state index in [0.29, 0.717) is 5.92 Å². The lowest BCUT2D eigenvalue weighted by Crippen LogP contribution is -2.54. The third-order valence-electron chi connectivity index (χ3n) is 4.50. The molecule has 0 bridgehead atoms. The molecule has 3 heteroatoms. The smallest absolute Gasteiger partial charge is 0.180 e. The van der Waals surface area contributed by atoms with Crippen molar-refractivity contribution in [1.29, 1.82) is 0 Å². The topological polar surface area (TPSA) is 18.5 Å². The lowest BCUT2D eigenvalue weighted by molar-refractivity contribution is -0.306. The van der Waals surface area contributed by atoms with E-state index >= 15 is 0 Å². The molecule has 2 fully saturated rings. The van der Waals surface area contributed by atoms with Gasteiger partial charge in [0.1, 0.15) is 0 Å². The molecule has 0 unspecified atom stereocenters. The van der Waals surface area contributed by atoms with Crippen LogP contribution in [0.1, 0.15) is 44.6 Å². The maximum Gasteiger partial charge on any atom is 0.180 e. The zero-order valence-corrected chi connectivity index (χ0v) is 13.9. The minimum Gasteiger partial charge on any atom is -0.348 e. The summed E-state index contributed by atoms with van der Waals surface area (Å²) in [5, 5.41) is 0. The third kappa shape index (κ3) is 2.81. The number of rotatable bonds is 1. The van der Waals surface area contributed by atoms with Gasteiger partial charge in [-0.25, -0.2) is 0 Å². The summed E-state index contributed by atoms with van der Waals surface area (Å²) in [7, 11) is 0. The number of alkyl halides is 1. The van der Waals surface area contributed by atoms with E-state index in [9.17, 15) is 0 Å². The van der Waals surface area contributed by atoms with E-state index in [0.717, 1.165) is 32.5 Å². The Bertz CT molecular complexity index is 447. The summed E-state index contributed by atoms with van der Waals surface area (Å²) >= 11 is 3.83. The van der Waals surface area contributed by atoms with Crippen LogP contribution in [0.4, 0.5) is 0 Å². The second-order valence-electron chi connectivity index (χ2n) is 6.90. The fourth-order valence-electron chi connectivity index (χ4n) is 3.15. The Balaban J connectivity index is 1.69. The maximum absolute atomic E-state index is 6.15. The Kier molecular flexibility index (Phi) is 3.95. The third-order valence-corrected chi connectivity index (χ3v) is 5.57. The number of hydrogen-bond donors (Lipinski definition) is 0. The Morgan fingerprint density at radius 2 is 1.75 bits per heavy atom. The summed E-state index contributed by atoms with van der Waals surface area (Å²) in [4.78, 5) is 0.269. The van der Waals surface area contributed by atoms with E-state index < -0.39 is 5.79 Å². The molecule has 1 saturated carbocycles. The Hall–Kier alpha value is -0.380. The van der Waals surface area contributed by atoms with Crippen LogP contribution in [-0.2, 0) is 9.47 Å². The van der Waals surface area contributed by atoms with E-state index in [2.05, 4.69) is 60.1 Å². The molecular formula is C17H23BrO2. The van der Waals surface area contributed by atoms with Crippen molar-refractivity contribution >= 4 is 15.9 Å². The molecule has 0 N–H and O–H groups in total. The number of hydrogen-bond acceptors (Lipinski definition) is 2. The first-order valence-electron chi connectivity index (χ1n) is 7.48. The lowest BCUT2D eigenvalue weighted by Gasteiger charge is -2.49. The van der Waals surface area contributed by atoms with Crippen LogP contribution in [0.3, 0.4) is 0 Å². The summed E-state index contributed by atoms with van der Waals surface area (Å²) in [6.45, 7) is 5.95. The summed E-state index contributed by atoms with van der Waals surface area (Å²) < 4.78 is 12.3. The lowest BCUT2D eigenvalue weighted by atomic mass is 9.80. The van der Waals surface area contributed by atoms with E-state index in [4.69, 9.17) is 9.47 Å². The van der Waals surface area contributed by atoms with E-state index in [1.807, 2.05) is 0 Å². The molecule has 2 nitrogen and oxygen atoms in total. The first kappa shape index (κ1) is 14.6. The zero-order valence-electron chi connectivity index (χ0n) is 12.3. The number of halogens is 1. The van der Waals surface area contributed by atoms with Crippen LogP contribution in [0.15, 0.2) is 30.3 Å². The molecule has 20 heavy (non-hydrogen) atoms. The molecular weight excluding hydrogens is 316 g/mol. The van der Waals surface area contributed by atoms with Gasteiger partial charge >= 0.3 is 0 Å². The molecule has 1 aliphatic heterocycles. The van der Waals surface area contributed by atoms with Gasteiger partial charge in [0.2, 0.25) is 0 Å². The molecule has 0 radical (unpaired) electrons. The molecule has 1 spiro atoms. The number of ether oxygens (including phenoxy) is 2. The summed E-state index contributed by atoms with van der Waals surface area (Å²) in [5.74, 6) is 0.203. The molecule has 1 aromatic carbocycles. The summed E-state index contributed by atoms with van der Waals surface area (Å²) in [6, 6.07) is 10.8. The predicted octanol–water partition coefficient (Wildman–Crippen LogP) is 4.49. The first-order valence-corrected chi connectivity index (χ1v) is 8.39. The maximum atomic E-state index is 6.15. The van der Waals surface area contributed by atoms with Crippen LogP contribution in [0.5, 0.6) is 0 Å². The van der Waals surface area contributed by atoms with Crippen molar-refractivity contribution in [1.82, 2.24) is 0 Å². The molecule has 0 aromatic heterocycles. The Morgan fingerprint density at radius 1 is 1.10 bits per heavy atom. The average Bonchev–Trinajstić information content (AvgIpc) is 2.46. The van der Waals surface area contributed by atoms with Crippen LogP contribution in [0, 0.1) is 5.41 Å². The fraction of sp³-hybridized carbons (Fsp3) is 0.647. The van der Waals surface area contributed by atoms with Gasteiger partial charge in [-0.3, -0.25) is 0 Å². The molecule has 2 atom stereocenters. The van der Waals surface area contributed by atoms with E-state index in [1.165, 1.54) is 5.56 Å². The van der Waals surface area contributed by atoms with Gasteiger partial charge in [-0.2, -0.15) is 0 Å². The minimum atomic E-state index is -0.402. The minimum absolute atomic E-state index is 0.133. The van der Waals surface area contributed by atoms with Crippen molar-refractivity contribution in [3.8, 4) is 0 Å². The van der Waals surface area contributed by atoms with Gasteiger partial charge in [0.25, 0.3) is 0 Å². The highest BCUT2D eigenvalue weighted by Crippen LogP contribution is 2.47. The second kappa shape index (κ2) is 5.43. The molecule has 110 valence electrons. The van der Waals surface area contributed by atoms with Crippen LogP contribution in [-0.4, -0.2) is 23.8 Å². The average molecular weight is 339 g/mol. The predicted molar refractivity (Wildman–Crippen MR) is 84.2 cm³/mol. The molecule has 2 aliphatic rings. The second-order valence-corrected chi connectivity index (χ2v) is 8.01.